The van der Waals surface area contributed by atoms with Gasteiger partial charge in [-0.25, -0.2) is 13.6 Å². The zero-order valence-corrected chi connectivity index (χ0v) is 16.7. The molecule has 4 rings (SSSR count). The lowest BCUT2D eigenvalue weighted by Gasteiger charge is -2.23. The molecule has 1 aliphatic carbocycles. The van der Waals surface area contributed by atoms with Gasteiger partial charge in [0, 0.05) is 31.9 Å². The molecule has 1 saturated heterocycles. The van der Waals surface area contributed by atoms with Crippen molar-refractivity contribution in [2.45, 2.75) is 38.0 Å². The Kier molecular flexibility index (Phi) is 5.15. The first-order valence-electron chi connectivity index (χ1n) is 9.92. The molecule has 2 aliphatic rings. The van der Waals surface area contributed by atoms with Crippen molar-refractivity contribution in [3.05, 3.63) is 33.6 Å². The molecular formula is C20H24F2N4O4. The quantitative estimate of drug-likeness (QED) is 0.608. The fourth-order valence-corrected chi connectivity index (χ4v) is 4.24. The summed E-state index contributed by atoms with van der Waals surface area (Å²) in [4.78, 5) is 25.7. The Hall–Kier alpha value is -2.72. The number of fused-ring (bicyclic) bond motifs is 1. The van der Waals surface area contributed by atoms with E-state index in [1.54, 1.807) is 7.05 Å². The van der Waals surface area contributed by atoms with E-state index in [0.29, 0.717) is 26.0 Å². The minimum Gasteiger partial charge on any atom is -0.477 e. The van der Waals surface area contributed by atoms with Crippen molar-refractivity contribution in [1.82, 2.24) is 9.88 Å². The number of rotatable bonds is 6. The highest BCUT2D eigenvalue weighted by molar-refractivity contribution is 5.99. The number of ether oxygens (including phenoxy) is 1. The fraction of sp³-hybridized carbons (Fsp3) is 0.500. The first-order chi connectivity index (χ1) is 14.3. The molecule has 1 saturated carbocycles. The third kappa shape index (κ3) is 3.10. The van der Waals surface area contributed by atoms with Crippen molar-refractivity contribution >= 4 is 28.2 Å². The molecule has 2 atom stereocenters. The van der Waals surface area contributed by atoms with Gasteiger partial charge in [0.1, 0.15) is 11.3 Å². The second-order valence-electron chi connectivity index (χ2n) is 7.72. The zero-order valence-electron chi connectivity index (χ0n) is 16.7. The molecule has 2 heterocycles. The van der Waals surface area contributed by atoms with Gasteiger partial charge in [-0.1, -0.05) is 0 Å². The summed E-state index contributed by atoms with van der Waals surface area (Å²) in [6.45, 7) is 2.85. The average molecular weight is 422 g/mol. The number of hydrogen-bond donors (Lipinski definition) is 3. The molecule has 0 amide bonds. The Morgan fingerprint density at radius 3 is 2.60 bits per heavy atom. The number of halogens is 2. The number of nitrogen functional groups attached to an aromatic ring is 1. The number of pyridine rings is 1. The summed E-state index contributed by atoms with van der Waals surface area (Å²) >= 11 is 0. The zero-order chi connectivity index (χ0) is 21.7. The maximum absolute atomic E-state index is 15.8. The van der Waals surface area contributed by atoms with Crippen LogP contribution in [0.4, 0.5) is 20.2 Å². The summed E-state index contributed by atoms with van der Waals surface area (Å²) in [5, 5.41) is 12.0. The predicted molar refractivity (Wildman–Crippen MR) is 108 cm³/mol. The van der Waals surface area contributed by atoms with E-state index in [-0.39, 0.29) is 35.9 Å². The van der Waals surface area contributed by atoms with E-state index in [1.165, 1.54) is 9.47 Å². The molecule has 1 aliphatic heterocycles. The molecule has 8 nitrogen and oxygen atoms in total. The van der Waals surface area contributed by atoms with Gasteiger partial charge in [0.05, 0.1) is 28.7 Å². The molecule has 30 heavy (non-hydrogen) atoms. The van der Waals surface area contributed by atoms with Crippen molar-refractivity contribution in [1.29, 1.82) is 0 Å². The molecule has 162 valence electrons. The molecule has 1 aromatic carbocycles. The van der Waals surface area contributed by atoms with Crippen molar-refractivity contribution in [2.75, 3.05) is 37.4 Å². The van der Waals surface area contributed by atoms with E-state index in [1.807, 2.05) is 6.92 Å². The van der Waals surface area contributed by atoms with Crippen molar-refractivity contribution in [3.8, 4) is 0 Å². The topological polar surface area (TPSA) is 110 Å². The van der Waals surface area contributed by atoms with Crippen LogP contribution < -0.4 is 21.4 Å². The third-order valence-electron chi connectivity index (χ3n) is 5.87. The van der Waals surface area contributed by atoms with E-state index in [2.05, 4.69) is 5.32 Å². The van der Waals surface area contributed by atoms with Crippen LogP contribution in [0.1, 0.15) is 36.2 Å². The van der Waals surface area contributed by atoms with E-state index < -0.39 is 39.7 Å². The van der Waals surface area contributed by atoms with Crippen LogP contribution in [0.25, 0.3) is 10.9 Å². The molecule has 2 fully saturated rings. The summed E-state index contributed by atoms with van der Waals surface area (Å²) in [7, 11) is 1.75. The van der Waals surface area contributed by atoms with Crippen LogP contribution in [-0.2, 0) is 4.74 Å². The highest BCUT2D eigenvalue weighted by Crippen LogP contribution is 2.42. The Balaban J connectivity index is 1.96. The Morgan fingerprint density at radius 2 is 2.03 bits per heavy atom. The average Bonchev–Trinajstić information content (AvgIpc) is 3.47. The van der Waals surface area contributed by atoms with Crippen LogP contribution in [0.2, 0.25) is 0 Å². The summed E-state index contributed by atoms with van der Waals surface area (Å²) in [5.74, 6) is -3.44. The number of nitrogens with two attached hydrogens (primary N) is 1. The van der Waals surface area contributed by atoms with Crippen molar-refractivity contribution in [2.24, 2.45) is 0 Å². The molecule has 0 bridgehead atoms. The predicted octanol–water partition coefficient (Wildman–Crippen LogP) is 1.71. The number of carbonyl (C=O) groups is 1. The van der Waals surface area contributed by atoms with Crippen LogP contribution in [0, 0.1) is 11.6 Å². The maximum Gasteiger partial charge on any atom is 0.341 e. The lowest BCUT2D eigenvalue weighted by Crippen LogP contribution is -2.38. The molecule has 4 N–H and O–H groups in total. The summed E-state index contributed by atoms with van der Waals surface area (Å²) in [6.07, 6.45) is 2.29. The molecule has 0 radical (unpaired) electrons. The molecule has 1 aromatic heterocycles. The van der Waals surface area contributed by atoms with Crippen LogP contribution >= 0.6 is 0 Å². The molecular weight excluding hydrogens is 398 g/mol. The molecule has 2 aromatic rings. The monoisotopic (exact) mass is 422 g/mol. The minimum absolute atomic E-state index is 0.138. The minimum atomic E-state index is -1.46. The molecule has 0 spiro atoms. The molecule has 0 unspecified atom stereocenters. The SMILES string of the molecule is CCO[C@@H]1CN(c2c(F)c(N)c3c(=O)c(C(=O)O)cn(C4CC4)c3c2F)C[C@@H]1NC. The van der Waals surface area contributed by atoms with E-state index in [4.69, 9.17) is 10.5 Å². The van der Waals surface area contributed by atoms with Crippen LogP contribution in [-0.4, -0.2) is 54.5 Å². The smallest absolute Gasteiger partial charge is 0.341 e. The number of carboxylic acids is 1. The van der Waals surface area contributed by atoms with Crippen molar-refractivity contribution < 1.29 is 23.4 Å². The lowest BCUT2D eigenvalue weighted by molar-refractivity contribution is 0.0612. The molecule has 10 heteroatoms. The lowest BCUT2D eigenvalue weighted by atomic mass is 10.1. The van der Waals surface area contributed by atoms with Crippen LogP contribution in [0.3, 0.4) is 0 Å². The number of aromatic carboxylic acids is 1. The van der Waals surface area contributed by atoms with Gasteiger partial charge in [-0.2, -0.15) is 0 Å². The van der Waals surface area contributed by atoms with Crippen LogP contribution in [0.15, 0.2) is 11.0 Å². The normalized spacial score (nSPS) is 21.5. The van der Waals surface area contributed by atoms with Crippen molar-refractivity contribution in [3.63, 3.8) is 0 Å². The second-order valence-corrected chi connectivity index (χ2v) is 7.72. The third-order valence-corrected chi connectivity index (χ3v) is 5.87. The summed E-state index contributed by atoms with van der Waals surface area (Å²) in [5.41, 5.74) is 3.40. The number of hydrogen-bond acceptors (Lipinski definition) is 6. The van der Waals surface area contributed by atoms with Gasteiger partial charge in [-0.05, 0) is 26.8 Å². The van der Waals surface area contributed by atoms with Crippen LogP contribution in [0.5, 0.6) is 0 Å². The highest BCUT2D eigenvalue weighted by atomic mass is 19.1. The van der Waals surface area contributed by atoms with Gasteiger partial charge in [-0.15, -0.1) is 0 Å². The number of nitrogens with zero attached hydrogens (tertiary/aromatic N) is 2. The Morgan fingerprint density at radius 1 is 1.33 bits per heavy atom. The van der Waals surface area contributed by atoms with E-state index in [0.717, 1.165) is 6.20 Å². The van der Waals surface area contributed by atoms with Gasteiger partial charge in [0.2, 0.25) is 5.43 Å². The highest BCUT2D eigenvalue weighted by Gasteiger charge is 2.38. The van der Waals surface area contributed by atoms with Gasteiger partial charge >= 0.3 is 5.97 Å². The number of anilines is 2. The number of likely N-dealkylation sites (N-methyl/N-ethyl adjacent to an activating group) is 1. The summed E-state index contributed by atoms with van der Waals surface area (Å²) in [6, 6.07) is -0.293. The van der Waals surface area contributed by atoms with E-state index in [9.17, 15) is 14.7 Å². The summed E-state index contributed by atoms with van der Waals surface area (Å²) < 4.78 is 38.2. The second kappa shape index (κ2) is 7.51. The number of benzene rings is 1. The van der Waals surface area contributed by atoms with Gasteiger partial charge in [0.15, 0.2) is 11.6 Å². The largest absolute Gasteiger partial charge is 0.477 e. The Bertz CT molecular complexity index is 1080. The maximum atomic E-state index is 15.8. The van der Waals surface area contributed by atoms with Gasteiger partial charge < -0.3 is 30.4 Å². The Labute approximate surface area is 171 Å². The van der Waals surface area contributed by atoms with E-state index >= 15 is 8.78 Å². The van der Waals surface area contributed by atoms with Gasteiger partial charge in [0.25, 0.3) is 0 Å². The number of nitrogens with one attached hydrogen (secondary N) is 1. The number of carboxylic acid groups (broad SMARTS) is 1. The number of aromatic nitrogens is 1. The standard InChI is InChI=1S/C20H24F2N4O4/c1-3-30-12-8-25(7-11(12)24-2)18-14(21)16(23)13-17(15(18)22)26(9-4-5-9)6-10(19(13)27)20(28)29/h6,9,11-12,24H,3-5,7-8,23H2,1-2H3,(H,28,29)/t11-,12+/m0/s1. The first kappa shape index (κ1) is 20.5. The first-order valence-corrected chi connectivity index (χ1v) is 9.92. The van der Waals surface area contributed by atoms with Gasteiger partial charge in [-0.3, -0.25) is 4.79 Å². The fourth-order valence-electron chi connectivity index (χ4n) is 4.24.